The van der Waals surface area contributed by atoms with E-state index in [1.807, 2.05) is 32.0 Å². The highest BCUT2D eigenvalue weighted by Gasteiger charge is 2.30. The summed E-state index contributed by atoms with van der Waals surface area (Å²) in [5.74, 6) is 0.612. The van der Waals surface area contributed by atoms with Gasteiger partial charge in [0, 0.05) is 11.8 Å². The lowest BCUT2D eigenvalue weighted by atomic mass is 10.0. The molecule has 0 radical (unpaired) electrons. The molecule has 2 aromatic carbocycles. The topological polar surface area (TPSA) is 84.9 Å². The second-order valence-electron chi connectivity index (χ2n) is 7.01. The predicted octanol–water partition coefficient (Wildman–Crippen LogP) is 3.62. The van der Waals surface area contributed by atoms with E-state index in [-0.39, 0.29) is 5.92 Å². The third kappa shape index (κ3) is 5.20. The Morgan fingerprint density at radius 1 is 1.00 bits per heavy atom. The molecule has 1 N–H and O–H groups in total. The maximum Gasteiger partial charge on any atom is 0.248 e. The highest BCUT2D eigenvalue weighted by Crippen LogP contribution is 2.33. The smallest absolute Gasteiger partial charge is 0.248 e. The summed E-state index contributed by atoms with van der Waals surface area (Å²) in [5.41, 5.74) is 1.95. The molecular weight excluding hydrogens is 392 g/mol. The number of nitrogens with zero attached hydrogens (tertiary/aromatic N) is 1. The number of nitrogens with one attached hydrogen (secondary N) is 1. The van der Waals surface area contributed by atoms with Crippen molar-refractivity contribution in [1.82, 2.24) is 0 Å². The van der Waals surface area contributed by atoms with Gasteiger partial charge in [0.15, 0.2) is 11.5 Å². The number of hydrogen-bond donors (Lipinski definition) is 1. The molecule has 0 unspecified atom stereocenters. The standard InChI is InChI=1S/C21H28N2O5S/c1-14(2)17-9-7-8-10-18(17)22-21(24)15(3)23(29(6,25)26)16-11-12-19(27-4)20(13-16)28-5/h7-15H,1-6H3,(H,22,24)/t15-/m1/s1. The first-order valence-electron chi connectivity index (χ1n) is 9.21. The molecule has 0 saturated heterocycles. The number of carbonyl (C=O) groups excluding carboxylic acids is 1. The molecule has 7 nitrogen and oxygen atoms in total. The molecule has 158 valence electrons. The SMILES string of the molecule is COc1ccc(N([C@H](C)C(=O)Nc2ccccc2C(C)C)S(C)(=O)=O)cc1OC. The van der Waals surface area contributed by atoms with E-state index in [1.165, 1.54) is 20.3 Å². The fourth-order valence-electron chi connectivity index (χ4n) is 3.12. The van der Waals surface area contributed by atoms with Gasteiger partial charge in [-0.1, -0.05) is 32.0 Å². The van der Waals surface area contributed by atoms with Gasteiger partial charge in [0.2, 0.25) is 15.9 Å². The fraction of sp³-hybridized carbons (Fsp3) is 0.381. The van der Waals surface area contributed by atoms with Gasteiger partial charge in [-0.05, 0) is 36.6 Å². The number of hydrogen-bond acceptors (Lipinski definition) is 5. The molecule has 2 aromatic rings. The molecular formula is C21H28N2O5S. The van der Waals surface area contributed by atoms with Gasteiger partial charge in [-0.25, -0.2) is 8.42 Å². The Labute approximate surface area is 172 Å². The first-order valence-corrected chi connectivity index (χ1v) is 11.1. The summed E-state index contributed by atoms with van der Waals surface area (Å²) in [6.07, 6.45) is 1.07. The Morgan fingerprint density at radius 2 is 1.62 bits per heavy atom. The van der Waals surface area contributed by atoms with Crippen LogP contribution in [-0.2, 0) is 14.8 Å². The van der Waals surface area contributed by atoms with Crippen LogP contribution in [0.4, 0.5) is 11.4 Å². The van der Waals surface area contributed by atoms with Crippen molar-refractivity contribution >= 4 is 27.3 Å². The predicted molar refractivity (Wildman–Crippen MR) is 115 cm³/mol. The van der Waals surface area contributed by atoms with Crippen LogP contribution in [0.15, 0.2) is 42.5 Å². The van der Waals surface area contributed by atoms with Crippen LogP contribution < -0.4 is 19.1 Å². The first-order chi connectivity index (χ1) is 13.6. The van der Waals surface area contributed by atoms with E-state index >= 15 is 0 Å². The molecule has 29 heavy (non-hydrogen) atoms. The van der Waals surface area contributed by atoms with Crippen LogP contribution in [-0.4, -0.2) is 40.8 Å². The van der Waals surface area contributed by atoms with Crippen molar-refractivity contribution in [1.29, 1.82) is 0 Å². The van der Waals surface area contributed by atoms with Crippen LogP contribution in [0.5, 0.6) is 11.5 Å². The molecule has 1 atom stereocenters. The van der Waals surface area contributed by atoms with E-state index in [4.69, 9.17) is 9.47 Å². The van der Waals surface area contributed by atoms with Gasteiger partial charge in [-0.2, -0.15) is 0 Å². The van der Waals surface area contributed by atoms with E-state index in [1.54, 1.807) is 25.1 Å². The molecule has 0 heterocycles. The quantitative estimate of drug-likeness (QED) is 0.705. The van der Waals surface area contributed by atoms with Crippen molar-refractivity contribution < 1.29 is 22.7 Å². The molecule has 0 spiro atoms. The molecule has 2 rings (SSSR count). The normalized spacial score (nSPS) is 12.4. The van der Waals surface area contributed by atoms with E-state index in [0.29, 0.717) is 22.9 Å². The maximum absolute atomic E-state index is 13.0. The highest BCUT2D eigenvalue weighted by molar-refractivity contribution is 7.92. The Balaban J connectivity index is 2.40. The van der Waals surface area contributed by atoms with Crippen LogP contribution in [0.25, 0.3) is 0 Å². The summed E-state index contributed by atoms with van der Waals surface area (Å²) in [4.78, 5) is 13.0. The molecule has 0 fully saturated rings. The number of anilines is 2. The van der Waals surface area contributed by atoms with Crippen LogP contribution >= 0.6 is 0 Å². The molecule has 0 aliphatic carbocycles. The molecule has 1 amide bonds. The first kappa shape index (κ1) is 22.5. The van der Waals surface area contributed by atoms with Gasteiger partial charge in [0.1, 0.15) is 6.04 Å². The summed E-state index contributed by atoms with van der Waals surface area (Å²) in [6, 6.07) is 11.2. The summed E-state index contributed by atoms with van der Waals surface area (Å²) in [7, 11) is -0.792. The number of methoxy groups -OCH3 is 2. The average molecular weight is 421 g/mol. The number of benzene rings is 2. The fourth-order valence-corrected chi connectivity index (χ4v) is 4.29. The van der Waals surface area contributed by atoms with Gasteiger partial charge in [-0.3, -0.25) is 9.10 Å². The average Bonchev–Trinajstić information content (AvgIpc) is 2.67. The zero-order valence-corrected chi connectivity index (χ0v) is 18.4. The third-order valence-electron chi connectivity index (χ3n) is 4.55. The zero-order valence-electron chi connectivity index (χ0n) is 17.6. The molecule has 0 saturated carbocycles. The van der Waals surface area contributed by atoms with E-state index in [2.05, 4.69) is 5.32 Å². The summed E-state index contributed by atoms with van der Waals surface area (Å²) in [5, 5.41) is 2.86. The number of carbonyl (C=O) groups is 1. The largest absolute Gasteiger partial charge is 0.493 e. The van der Waals surface area contributed by atoms with Gasteiger partial charge < -0.3 is 14.8 Å². The minimum atomic E-state index is -3.75. The zero-order chi connectivity index (χ0) is 21.8. The lowest BCUT2D eigenvalue weighted by Crippen LogP contribution is -2.45. The Morgan fingerprint density at radius 3 is 2.17 bits per heavy atom. The lowest BCUT2D eigenvalue weighted by molar-refractivity contribution is -0.116. The Kier molecular flexibility index (Phi) is 7.13. The van der Waals surface area contributed by atoms with Crippen molar-refractivity contribution in [3.05, 3.63) is 48.0 Å². The number of amides is 1. The van der Waals surface area contributed by atoms with Crippen LogP contribution in [0.2, 0.25) is 0 Å². The van der Waals surface area contributed by atoms with Crippen molar-refractivity contribution in [2.75, 3.05) is 30.1 Å². The Hall–Kier alpha value is -2.74. The maximum atomic E-state index is 13.0. The minimum absolute atomic E-state index is 0.207. The molecule has 0 aliphatic heterocycles. The van der Waals surface area contributed by atoms with Gasteiger partial charge in [0.05, 0.1) is 26.2 Å². The van der Waals surface area contributed by atoms with E-state index < -0.39 is 22.0 Å². The number of para-hydroxylation sites is 1. The second kappa shape index (κ2) is 9.17. The lowest BCUT2D eigenvalue weighted by Gasteiger charge is -2.29. The van der Waals surface area contributed by atoms with E-state index in [0.717, 1.165) is 16.1 Å². The number of sulfonamides is 1. The van der Waals surface area contributed by atoms with Crippen LogP contribution in [0.3, 0.4) is 0 Å². The minimum Gasteiger partial charge on any atom is -0.493 e. The summed E-state index contributed by atoms with van der Waals surface area (Å²) < 4.78 is 36.6. The van der Waals surface area contributed by atoms with Gasteiger partial charge in [-0.15, -0.1) is 0 Å². The third-order valence-corrected chi connectivity index (χ3v) is 5.79. The van der Waals surface area contributed by atoms with Crippen molar-refractivity contribution in [3.8, 4) is 11.5 Å². The second-order valence-corrected chi connectivity index (χ2v) is 8.86. The summed E-state index contributed by atoms with van der Waals surface area (Å²) >= 11 is 0. The van der Waals surface area contributed by atoms with Crippen LogP contribution in [0, 0.1) is 0 Å². The van der Waals surface area contributed by atoms with Crippen LogP contribution in [0.1, 0.15) is 32.3 Å². The van der Waals surface area contributed by atoms with Crippen molar-refractivity contribution in [2.45, 2.75) is 32.7 Å². The molecule has 0 aliphatic rings. The van der Waals surface area contributed by atoms with E-state index in [9.17, 15) is 13.2 Å². The highest BCUT2D eigenvalue weighted by atomic mass is 32.2. The number of ether oxygens (including phenoxy) is 2. The summed E-state index contributed by atoms with van der Waals surface area (Å²) in [6.45, 7) is 5.60. The van der Waals surface area contributed by atoms with Gasteiger partial charge >= 0.3 is 0 Å². The van der Waals surface area contributed by atoms with Gasteiger partial charge in [0.25, 0.3) is 0 Å². The van der Waals surface area contributed by atoms with Crippen molar-refractivity contribution in [2.24, 2.45) is 0 Å². The Bertz CT molecular complexity index is 973. The van der Waals surface area contributed by atoms with Crippen molar-refractivity contribution in [3.63, 3.8) is 0 Å². The molecule has 0 bridgehead atoms. The molecule has 0 aromatic heterocycles. The number of rotatable bonds is 8. The molecule has 8 heteroatoms. The monoisotopic (exact) mass is 420 g/mol.